The monoisotopic (exact) mass is 288 g/mol. The summed E-state index contributed by atoms with van der Waals surface area (Å²) in [6.45, 7) is 2.16. The van der Waals surface area contributed by atoms with E-state index >= 15 is 0 Å². The average Bonchev–Trinajstić information content (AvgIpc) is 2.58. The highest BCUT2D eigenvalue weighted by atomic mass is 14.9. The maximum atomic E-state index is 6.24. The van der Waals surface area contributed by atoms with Gasteiger partial charge in [-0.05, 0) is 41.3 Å². The lowest BCUT2D eigenvalue weighted by Gasteiger charge is -2.14. The summed E-state index contributed by atoms with van der Waals surface area (Å²) < 4.78 is 0. The Morgan fingerprint density at radius 2 is 1.50 bits per heavy atom. The lowest BCUT2D eigenvalue weighted by molar-refractivity contribution is 1.14. The summed E-state index contributed by atoms with van der Waals surface area (Å²) in [6.07, 6.45) is 0.991. The number of rotatable bonds is 4. The zero-order valence-electron chi connectivity index (χ0n) is 12.7. The third kappa shape index (κ3) is 2.96. The van der Waals surface area contributed by atoms with Gasteiger partial charge >= 0.3 is 0 Å². The topological polar surface area (TPSA) is 38.0 Å². The second-order valence-corrected chi connectivity index (χ2v) is 5.30. The molecule has 2 heteroatoms. The first-order valence-electron chi connectivity index (χ1n) is 7.58. The van der Waals surface area contributed by atoms with Crippen LogP contribution in [0.25, 0.3) is 11.1 Å². The number of para-hydroxylation sites is 1. The number of anilines is 3. The van der Waals surface area contributed by atoms with Crippen molar-refractivity contribution >= 4 is 17.1 Å². The maximum absolute atomic E-state index is 6.24. The Morgan fingerprint density at radius 1 is 0.773 bits per heavy atom. The van der Waals surface area contributed by atoms with Gasteiger partial charge in [0.05, 0.1) is 11.4 Å². The predicted octanol–water partition coefficient (Wildman–Crippen LogP) is 5.24. The van der Waals surface area contributed by atoms with Crippen LogP contribution in [0.5, 0.6) is 0 Å². The van der Waals surface area contributed by atoms with E-state index < -0.39 is 0 Å². The van der Waals surface area contributed by atoms with Crippen molar-refractivity contribution in [1.29, 1.82) is 0 Å². The van der Waals surface area contributed by atoms with E-state index in [0.29, 0.717) is 0 Å². The molecular formula is C20H20N2. The van der Waals surface area contributed by atoms with Crippen molar-refractivity contribution in [3.8, 4) is 11.1 Å². The normalized spacial score (nSPS) is 10.4. The highest BCUT2D eigenvalue weighted by Crippen LogP contribution is 2.30. The quantitative estimate of drug-likeness (QED) is 0.644. The molecule has 0 unspecified atom stereocenters. The molecule has 0 aromatic heterocycles. The van der Waals surface area contributed by atoms with Crippen LogP contribution in [0, 0.1) is 0 Å². The average molecular weight is 288 g/mol. The Kier molecular flexibility index (Phi) is 4.10. The molecule has 0 spiro atoms. The number of aryl methyl sites for hydroxylation is 1. The molecular weight excluding hydrogens is 268 g/mol. The second-order valence-electron chi connectivity index (χ2n) is 5.30. The summed E-state index contributed by atoms with van der Waals surface area (Å²) in [5, 5.41) is 3.45. The molecule has 0 aliphatic heterocycles. The van der Waals surface area contributed by atoms with E-state index in [0.717, 1.165) is 29.0 Å². The fourth-order valence-corrected chi connectivity index (χ4v) is 2.58. The number of nitrogens with two attached hydrogens (primary N) is 1. The molecule has 0 aliphatic rings. The third-order valence-corrected chi connectivity index (χ3v) is 3.83. The Bertz CT molecular complexity index is 764. The number of hydrogen-bond acceptors (Lipinski definition) is 2. The summed E-state index contributed by atoms with van der Waals surface area (Å²) in [4.78, 5) is 0. The van der Waals surface area contributed by atoms with Crippen LogP contribution in [0.15, 0.2) is 72.8 Å². The molecule has 3 N–H and O–H groups in total. The van der Waals surface area contributed by atoms with Crippen molar-refractivity contribution in [2.75, 3.05) is 11.1 Å². The number of benzene rings is 3. The number of nitrogen functional groups attached to an aromatic ring is 1. The molecule has 0 radical (unpaired) electrons. The fraction of sp³-hybridized carbons (Fsp3) is 0.100. The van der Waals surface area contributed by atoms with Gasteiger partial charge in [0.2, 0.25) is 0 Å². The number of hydrogen-bond donors (Lipinski definition) is 2. The van der Waals surface area contributed by atoms with Gasteiger partial charge in [0.15, 0.2) is 0 Å². The molecule has 22 heavy (non-hydrogen) atoms. The predicted molar refractivity (Wildman–Crippen MR) is 95.4 cm³/mol. The fourth-order valence-electron chi connectivity index (χ4n) is 2.58. The molecule has 0 atom stereocenters. The lowest BCUT2D eigenvalue weighted by atomic mass is 10.0. The van der Waals surface area contributed by atoms with E-state index in [1.54, 1.807) is 0 Å². The van der Waals surface area contributed by atoms with Crippen molar-refractivity contribution in [2.45, 2.75) is 13.3 Å². The van der Waals surface area contributed by atoms with Crippen LogP contribution in [-0.4, -0.2) is 0 Å². The molecule has 0 saturated heterocycles. The molecule has 2 nitrogen and oxygen atoms in total. The van der Waals surface area contributed by atoms with E-state index in [9.17, 15) is 0 Å². The van der Waals surface area contributed by atoms with Crippen LogP contribution in [0.3, 0.4) is 0 Å². The summed E-state index contributed by atoms with van der Waals surface area (Å²) in [5.41, 5.74) is 12.6. The van der Waals surface area contributed by atoms with Crippen LogP contribution in [0.1, 0.15) is 12.5 Å². The minimum atomic E-state index is 0.757. The maximum Gasteiger partial charge on any atom is 0.0618 e. The molecule has 0 amide bonds. The molecule has 3 aromatic rings. The van der Waals surface area contributed by atoms with Crippen molar-refractivity contribution in [1.82, 2.24) is 0 Å². The first-order valence-corrected chi connectivity index (χ1v) is 7.58. The van der Waals surface area contributed by atoms with Crippen molar-refractivity contribution in [2.24, 2.45) is 0 Å². The van der Waals surface area contributed by atoms with Crippen molar-refractivity contribution in [3.63, 3.8) is 0 Å². The van der Waals surface area contributed by atoms with Gasteiger partial charge in [-0.1, -0.05) is 61.5 Å². The Hall–Kier alpha value is -2.74. The van der Waals surface area contributed by atoms with Gasteiger partial charge in [-0.2, -0.15) is 0 Å². The van der Waals surface area contributed by atoms with Gasteiger partial charge in [0.1, 0.15) is 0 Å². The SMILES string of the molecule is CCc1ccccc1Nc1ccc(-c2ccccc2)cc1N. The molecule has 0 aliphatic carbocycles. The van der Waals surface area contributed by atoms with Crippen molar-refractivity contribution in [3.05, 3.63) is 78.4 Å². The minimum absolute atomic E-state index is 0.757. The third-order valence-electron chi connectivity index (χ3n) is 3.83. The molecule has 0 heterocycles. The number of nitrogens with one attached hydrogen (secondary N) is 1. The van der Waals surface area contributed by atoms with Crippen LogP contribution >= 0.6 is 0 Å². The molecule has 0 bridgehead atoms. The molecule has 0 saturated carbocycles. The molecule has 0 fully saturated rings. The Labute approximate surface area is 131 Å². The molecule has 110 valence electrons. The highest BCUT2D eigenvalue weighted by molar-refractivity contribution is 5.79. The summed E-state index contributed by atoms with van der Waals surface area (Å²) in [6, 6.07) is 24.8. The van der Waals surface area contributed by atoms with E-state index in [-0.39, 0.29) is 0 Å². The van der Waals surface area contributed by atoms with E-state index in [1.165, 1.54) is 11.1 Å². The lowest BCUT2D eigenvalue weighted by Crippen LogP contribution is -1.99. The van der Waals surface area contributed by atoms with Gasteiger partial charge in [0, 0.05) is 5.69 Å². The van der Waals surface area contributed by atoms with Crippen LogP contribution in [0.2, 0.25) is 0 Å². The Balaban J connectivity index is 1.90. The van der Waals surface area contributed by atoms with Gasteiger partial charge in [0.25, 0.3) is 0 Å². The largest absolute Gasteiger partial charge is 0.397 e. The Morgan fingerprint density at radius 3 is 2.23 bits per heavy atom. The van der Waals surface area contributed by atoms with Gasteiger partial charge in [-0.3, -0.25) is 0 Å². The first-order chi connectivity index (χ1) is 10.8. The molecule has 3 rings (SSSR count). The van der Waals surface area contributed by atoms with E-state index in [1.807, 2.05) is 36.4 Å². The van der Waals surface area contributed by atoms with Crippen molar-refractivity contribution < 1.29 is 0 Å². The van der Waals surface area contributed by atoms with Crippen LogP contribution in [-0.2, 0) is 6.42 Å². The second kappa shape index (κ2) is 6.35. The minimum Gasteiger partial charge on any atom is -0.397 e. The zero-order chi connectivity index (χ0) is 15.4. The highest BCUT2D eigenvalue weighted by Gasteiger charge is 2.05. The van der Waals surface area contributed by atoms with Gasteiger partial charge in [-0.25, -0.2) is 0 Å². The van der Waals surface area contributed by atoms with Crippen LogP contribution in [0.4, 0.5) is 17.1 Å². The summed E-state index contributed by atoms with van der Waals surface area (Å²) in [5.74, 6) is 0. The van der Waals surface area contributed by atoms with Crippen LogP contribution < -0.4 is 11.1 Å². The molecule has 3 aromatic carbocycles. The summed E-state index contributed by atoms with van der Waals surface area (Å²) >= 11 is 0. The van der Waals surface area contributed by atoms with Gasteiger partial charge < -0.3 is 11.1 Å². The van der Waals surface area contributed by atoms with E-state index in [2.05, 4.69) is 48.6 Å². The summed E-state index contributed by atoms with van der Waals surface area (Å²) in [7, 11) is 0. The van der Waals surface area contributed by atoms with Gasteiger partial charge in [-0.15, -0.1) is 0 Å². The smallest absolute Gasteiger partial charge is 0.0618 e. The first kappa shape index (κ1) is 14.2. The standard InChI is InChI=1S/C20H20N2/c1-2-15-8-6-7-11-19(15)22-20-13-12-17(14-18(20)21)16-9-4-3-5-10-16/h3-14,22H,2,21H2,1H3. The zero-order valence-corrected chi connectivity index (χ0v) is 12.7. The van der Waals surface area contributed by atoms with E-state index in [4.69, 9.17) is 5.73 Å².